The standard InChI is InChI=1S/C13H23N2O3.C10H15N3.C9H11N3.C8H15N3O2.C3H7N3/c1-12(16)9-7-5-3-4-6-8-10-13(17)18-11-15-14-2;11-13-12-10-4-7-1-8(5-10)3-9(2-7)6-10;1-8(7-11-12-10)9-5-3-2-4-6-9;1-8(12)5-3-2-4-6-13-7-10-11-9;1-2-3-5-6-4/h2-11H2,1H3;7-9H,1-6H2;2-6,8H,7H2,1H3;2-7H2,1H3;2-3H2,1H3/q+1;;;;. The molecule has 62 heavy (non-hydrogen) atoms. The molecular weight excluding hydrogens is 793 g/mol. The summed E-state index contributed by atoms with van der Waals surface area (Å²) in [6.07, 6.45) is 19.5. The minimum atomic E-state index is -0.237. The van der Waals surface area contributed by atoms with E-state index in [0.717, 1.165) is 82.0 Å². The molecule has 4 bridgehead atoms. The van der Waals surface area contributed by atoms with Crippen LogP contribution >= 0.6 is 0 Å². The fourth-order valence-electron chi connectivity index (χ4n) is 7.92. The van der Waals surface area contributed by atoms with E-state index in [9.17, 15) is 14.4 Å². The Bertz CT molecular complexity index is 1610. The van der Waals surface area contributed by atoms with Gasteiger partial charge >= 0.3 is 5.97 Å². The van der Waals surface area contributed by atoms with Crippen LogP contribution in [0, 0.1) is 17.8 Å². The van der Waals surface area contributed by atoms with E-state index >= 15 is 0 Å². The normalized spacial score (nSPS) is 18.5. The third kappa shape index (κ3) is 31.5. The molecule has 1 atom stereocenters. The zero-order chi connectivity index (χ0) is 46.1. The number of azide groups is 4. The number of carbonyl (C=O) groups excluding carboxylic acids is 3. The van der Waals surface area contributed by atoms with E-state index in [1.807, 2.05) is 44.2 Å². The minimum Gasteiger partial charge on any atom is -0.435 e. The van der Waals surface area contributed by atoms with Gasteiger partial charge in [-0.1, -0.05) is 103 Å². The summed E-state index contributed by atoms with van der Waals surface area (Å²) in [5, 5.41) is 17.6. The van der Waals surface area contributed by atoms with Crippen molar-refractivity contribution in [2.24, 2.45) is 43.3 Å². The van der Waals surface area contributed by atoms with Gasteiger partial charge in [0, 0.05) is 68.9 Å². The summed E-state index contributed by atoms with van der Waals surface area (Å²) < 4.78 is 9.75. The fraction of sp³-hybridized carbons (Fsp3) is 0.767. The third-order valence-electron chi connectivity index (χ3n) is 10.5. The summed E-state index contributed by atoms with van der Waals surface area (Å²) in [5.74, 6) is 3.22. The Balaban J connectivity index is 0.000000773. The Labute approximate surface area is 367 Å². The molecular formula is C43H71N14O5+. The summed E-state index contributed by atoms with van der Waals surface area (Å²) in [6.45, 7) is 12.2. The van der Waals surface area contributed by atoms with Crippen molar-refractivity contribution in [1.82, 2.24) is 0 Å². The highest BCUT2D eigenvalue weighted by Gasteiger charge is 2.50. The Hall–Kier alpha value is -5.39. The maximum absolute atomic E-state index is 11.1. The van der Waals surface area contributed by atoms with E-state index in [1.165, 1.54) is 44.1 Å². The first-order valence-corrected chi connectivity index (χ1v) is 22.0. The number of benzene rings is 1. The van der Waals surface area contributed by atoms with Gasteiger partial charge in [0.15, 0.2) is 0 Å². The van der Waals surface area contributed by atoms with Gasteiger partial charge in [-0.15, -0.1) is 0 Å². The van der Waals surface area contributed by atoms with E-state index in [4.69, 9.17) is 31.6 Å². The molecule has 1 aromatic rings. The van der Waals surface area contributed by atoms with Gasteiger partial charge in [-0.05, 0) is 129 Å². The van der Waals surface area contributed by atoms with Crippen LogP contribution in [0.25, 0.3) is 41.8 Å². The van der Waals surface area contributed by atoms with Crippen molar-refractivity contribution in [3.63, 3.8) is 0 Å². The van der Waals surface area contributed by atoms with Gasteiger partial charge in [-0.2, -0.15) is 0 Å². The summed E-state index contributed by atoms with van der Waals surface area (Å²) in [6, 6.07) is 10.0. The van der Waals surface area contributed by atoms with E-state index in [2.05, 4.69) is 56.7 Å². The van der Waals surface area contributed by atoms with E-state index in [1.54, 1.807) is 13.8 Å². The molecule has 4 saturated carbocycles. The predicted molar refractivity (Wildman–Crippen MR) is 241 cm³/mol. The van der Waals surface area contributed by atoms with Crippen molar-refractivity contribution in [3.05, 3.63) is 77.7 Å². The number of nitrogens with zero attached hydrogens (tertiary/aromatic N) is 14. The maximum atomic E-state index is 11.1. The number of ketones is 2. The Kier molecular flexibility index (Phi) is 35.2. The highest BCUT2D eigenvalue weighted by molar-refractivity contribution is 5.75. The van der Waals surface area contributed by atoms with Crippen LogP contribution in [0.3, 0.4) is 0 Å². The van der Waals surface area contributed by atoms with Gasteiger partial charge in [0.2, 0.25) is 0 Å². The van der Waals surface area contributed by atoms with E-state index in [0.29, 0.717) is 44.9 Å². The first-order valence-electron chi connectivity index (χ1n) is 22.0. The van der Waals surface area contributed by atoms with Gasteiger partial charge in [-0.25, -0.2) is 0 Å². The fourth-order valence-corrected chi connectivity index (χ4v) is 7.92. The summed E-state index contributed by atoms with van der Waals surface area (Å²) >= 11 is 0. The Morgan fingerprint density at radius 1 is 0.710 bits per heavy atom. The number of rotatable bonds is 25. The molecule has 0 aliphatic heterocycles. The summed E-state index contributed by atoms with van der Waals surface area (Å²) in [7, 11) is 0. The number of hydrogen-bond donors (Lipinski definition) is 0. The second kappa shape index (κ2) is 38.5. The van der Waals surface area contributed by atoms with E-state index in [-0.39, 0.29) is 36.5 Å². The predicted octanol–water partition coefficient (Wildman–Crippen LogP) is 13.1. The second-order valence-corrected chi connectivity index (χ2v) is 16.0. The largest absolute Gasteiger partial charge is 0.435 e. The molecule has 0 saturated heterocycles. The van der Waals surface area contributed by atoms with Crippen molar-refractivity contribution in [1.29, 1.82) is 0 Å². The van der Waals surface area contributed by atoms with E-state index < -0.39 is 0 Å². The second-order valence-electron chi connectivity index (χ2n) is 16.0. The van der Waals surface area contributed by atoms with Crippen molar-refractivity contribution >= 4 is 24.3 Å². The molecule has 19 heteroatoms. The van der Waals surface area contributed by atoms with Crippen LogP contribution in [0.2, 0.25) is 0 Å². The number of hydrogen-bond acceptors (Lipinski definition) is 10. The molecule has 1 aromatic carbocycles. The molecule has 0 amide bonds. The first kappa shape index (κ1) is 56.6. The van der Waals surface area contributed by atoms with Crippen LogP contribution in [0.15, 0.2) is 55.9 Å². The van der Waals surface area contributed by atoms with Crippen LogP contribution in [0.5, 0.6) is 0 Å². The number of ether oxygens (including phenoxy) is 2. The number of unbranched alkanes of at least 4 members (excludes halogenated alkanes) is 7. The topological polar surface area (TPSA) is 291 Å². The molecule has 4 aliphatic carbocycles. The third-order valence-corrected chi connectivity index (χ3v) is 10.5. The van der Waals surface area contributed by atoms with Crippen molar-refractivity contribution < 1.29 is 28.6 Å². The molecule has 4 aliphatic rings. The van der Waals surface area contributed by atoms with Gasteiger partial charge in [0.05, 0.1) is 0 Å². The van der Waals surface area contributed by atoms with Gasteiger partial charge in [0.1, 0.15) is 23.4 Å². The molecule has 0 spiro atoms. The first-order chi connectivity index (χ1) is 30.0. The molecule has 19 nitrogen and oxygen atoms in total. The lowest BCUT2D eigenvalue weighted by molar-refractivity contribution is -0.152. The van der Waals surface area contributed by atoms with Crippen LogP contribution < -0.4 is 0 Å². The van der Waals surface area contributed by atoms with Crippen LogP contribution in [-0.2, 0) is 23.9 Å². The van der Waals surface area contributed by atoms with Crippen LogP contribution in [0.4, 0.5) is 0 Å². The SMILES string of the molecule is C=[N+]=NCOC(=O)CCCCCCCCC(C)=O.CC(=O)CCCCCOCN=[N+]=[N-].CC(CN=[N+]=[N-])c1ccccc1.CCCN=[N+]=[N-].[N-]=[N+]=NC12CC3CC(CC(C3)C1)C2. The average molecular weight is 864 g/mol. The molecule has 5 rings (SSSR count). The highest BCUT2D eigenvalue weighted by atomic mass is 16.5. The zero-order valence-electron chi connectivity index (χ0n) is 37.7. The molecule has 342 valence electrons. The van der Waals surface area contributed by atoms with Crippen molar-refractivity contribution in [3.8, 4) is 0 Å². The molecule has 0 radical (unpaired) electrons. The van der Waals surface area contributed by atoms with Crippen molar-refractivity contribution in [2.45, 2.75) is 161 Å². The maximum Gasteiger partial charge on any atom is 0.307 e. The molecule has 0 aromatic heterocycles. The Morgan fingerprint density at radius 2 is 1.23 bits per heavy atom. The average Bonchev–Trinajstić information content (AvgIpc) is 3.24. The molecule has 1 unspecified atom stereocenters. The van der Waals surface area contributed by atoms with Crippen LogP contribution in [-0.4, -0.2) is 67.7 Å². The number of esters is 1. The van der Waals surface area contributed by atoms with Crippen LogP contribution in [0.1, 0.15) is 161 Å². The summed E-state index contributed by atoms with van der Waals surface area (Å²) in [5.41, 5.74) is 33.5. The minimum absolute atomic E-state index is 0.0343. The quantitative estimate of drug-likeness (QED) is 0.0230. The number of carbonyl (C=O) groups is 3. The molecule has 4 fully saturated rings. The molecule has 0 heterocycles. The lowest BCUT2D eigenvalue weighted by Gasteiger charge is -2.54. The lowest BCUT2D eigenvalue weighted by atomic mass is 9.53. The van der Waals surface area contributed by atoms with Crippen molar-refractivity contribution in [2.75, 3.05) is 33.2 Å². The van der Waals surface area contributed by atoms with Gasteiger partial charge in [0.25, 0.3) is 13.4 Å². The zero-order valence-corrected chi connectivity index (χ0v) is 37.7. The Morgan fingerprint density at radius 3 is 1.69 bits per heavy atom. The molecule has 0 N–H and O–H groups in total. The highest BCUT2D eigenvalue weighted by Crippen LogP contribution is 2.57. The van der Waals surface area contributed by atoms with Gasteiger partial charge < -0.3 is 19.1 Å². The lowest BCUT2D eigenvalue weighted by Crippen LogP contribution is -2.49. The van der Waals surface area contributed by atoms with Gasteiger partial charge in [-0.3, -0.25) is 4.79 Å². The smallest absolute Gasteiger partial charge is 0.307 e. The monoisotopic (exact) mass is 864 g/mol. The number of Topliss-reactive ketones (excluding diaryl/α,β-unsaturated/α-hetero) is 2. The summed E-state index contributed by atoms with van der Waals surface area (Å²) in [4.78, 5) is 46.5.